The van der Waals surface area contributed by atoms with Gasteiger partial charge < -0.3 is 0 Å². The van der Waals surface area contributed by atoms with E-state index in [1.165, 1.54) is 6.20 Å². The first-order valence-electron chi connectivity index (χ1n) is 2.63. The third-order valence-corrected chi connectivity index (χ3v) is 0.970. The fourth-order valence-electron chi connectivity index (χ4n) is 0.318. The lowest BCUT2D eigenvalue weighted by molar-refractivity contribution is -0.700. The van der Waals surface area contributed by atoms with Crippen LogP contribution in [0.25, 0.3) is 0 Å². The van der Waals surface area contributed by atoms with Gasteiger partial charge in [0.25, 0.3) is 0 Å². The molecule has 0 saturated heterocycles. The molecule has 0 saturated carbocycles. The van der Waals surface area contributed by atoms with Crippen molar-refractivity contribution in [3.8, 4) is 0 Å². The van der Waals surface area contributed by atoms with Gasteiger partial charge in [0.2, 0.25) is 0 Å². The zero-order valence-electron chi connectivity index (χ0n) is 5.91. The Labute approximate surface area is 55.6 Å². The molecule has 0 bridgehead atoms. The van der Waals surface area contributed by atoms with Crippen molar-refractivity contribution in [2.75, 3.05) is 14.1 Å². The van der Waals surface area contributed by atoms with Crippen LogP contribution in [0.1, 0.15) is 0 Å². The molecule has 0 aromatic rings. The molecule has 0 aromatic heterocycles. The van der Waals surface area contributed by atoms with Crippen molar-refractivity contribution in [1.82, 2.24) is 5.01 Å². The average molecular weight is 126 g/mol. The molecule has 9 heavy (non-hydrogen) atoms. The largest absolute Gasteiger partial charge is 0.191 e. The quantitative estimate of drug-likeness (QED) is 0.316. The molecule has 0 aliphatic carbocycles. The summed E-state index contributed by atoms with van der Waals surface area (Å²) in [4.78, 5) is 1.62. The summed E-state index contributed by atoms with van der Waals surface area (Å²) in [7, 11) is 3.66. The Bertz CT molecular complexity index is 137. The van der Waals surface area contributed by atoms with Crippen molar-refractivity contribution >= 4 is 0 Å². The average Bonchev–Trinajstić information content (AvgIpc) is 1.87. The molecule has 0 amide bonds. The van der Waals surface area contributed by atoms with Crippen LogP contribution >= 0.6 is 0 Å². The van der Waals surface area contributed by atoms with Crippen LogP contribution < -0.4 is 0 Å². The van der Waals surface area contributed by atoms with Gasteiger partial charge in [-0.1, -0.05) is 13.2 Å². The molecule has 50 valence electrons. The molecule has 0 aliphatic heterocycles. The second-order valence-corrected chi connectivity index (χ2v) is 1.54. The van der Waals surface area contributed by atoms with Crippen LogP contribution in [0.2, 0.25) is 0 Å². The number of rotatable bonds is 3. The van der Waals surface area contributed by atoms with Gasteiger partial charge in [0, 0.05) is 5.11 Å². The molecule has 0 heterocycles. The van der Waals surface area contributed by atoms with Crippen LogP contribution in [0.5, 0.6) is 0 Å². The zero-order valence-corrected chi connectivity index (χ0v) is 5.91. The van der Waals surface area contributed by atoms with Crippen LogP contribution in [0.4, 0.5) is 0 Å². The van der Waals surface area contributed by atoms with E-state index >= 15 is 0 Å². The van der Waals surface area contributed by atoms with Gasteiger partial charge in [-0.25, -0.2) is 0 Å². The zero-order chi connectivity index (χ0) is 7.28. The van der Waals surface area contributed by atoms with Gasteiger partial charge in [-0.2, -0.15) is 0 Å². The molecular formula is C6H12N3+. The predicted octanol–water partition coefficient (Wildman–Crippen LogP) is 1.21. The van der Waals surface area contributed by atoms with Crippen LogP contribution in [0, 0.1) is 0 Å². The Balaban J connectivity index is 3.99. The lowest BCUT2D eigenvalue weighted by atomic mass is 10.9. The summed E-state index contributed by atoms with van der Waals surface area (Å²) >= 11 is 0. The summed E-state index contributed by atoms with van der Waals surface area (Å²) < 4.78 is 0. The van der Waals surface area contributed by atoms with E-state index in [0.29, 0.717) is 0 Å². The number of nitrogens with zero attached hydrogens (tertiary/aromatic N) is 3. The molecule has 0 radical (unpaired) electrons. The topological polar surface area (TPSA) is 18.6 Å². The van der Waals surface area contributed by atoms with Crippen LogP contribution in [-0.4, -0.2) is 23.9 Å². The first kappa shape index (κ1) is 7.88. The maximum atomic E-state index is 3.85. The van der Waals surface area contributed by atoms with Crippen molar-refractivity contribution in [3.05, 3.63) is 25.6 Å². The van der Waals surface area contributed by atoms with Gasteiger partial charge in [0.1, 0.15) is 0 Å². The maximum Gasteiger partial charge on any atom is 0.191 e. The van der Waals surface area contributed by atoms with E-state index in [1.807, 2.05) is 14.1 Å². The Morgan fingerprint density at radius 1 is 1.56 bits per heavy atom. The highest BCUT2D eigenvalue weighted by Crippen LogP contribution is 1.82. The first-order valence-corrected chi connectivity index (χ1v) is 2.63. The maximum absolute atomic E-state index is 3.85. The van der Waals surface area contributed by atoms with Crippen molar-refractivity contribution in [3.63, 3.8) is 0 Å². The SMILES string of the molecule is C=CN=[N+](C)N(C)C=C. The van der Waals surface area contributed by atoms with Crippen LogP contribution in [-0.2, 0) is 0 Å². The molecule has 0 N–H and O–H groups in total. The van der Waals surface area contributed by atoms with Crippen LogP contribution in [0.15, 0.2) is 30.7 Å². The van der Waals surface area contributed by atoms with Gasteiger partial charge >= 0.3 is 0 Å². The second-order valence-electron chi connectivity index (χ2n) is 1.54. The highest BCUT2D eigenvalue weighted by molar-refractivity contribution is 4.56. The Morgan fingerprint density at radius 2 is 2.11 bits per heavy atom. The monoisotopic (exact) mass is 126 g/mol. The van der Waals surface area contributed by atoms with Gasteiger partial charge in [-0.05, 0) is 4.81 Å². The molecular weight excluding hydrogens is 114 g/mol. The van der Waals surface area contributed by atoms with Crippen molar-refractivity contribution < 1.29 is 4.81 Å². The molecule has 0 atom stereocenters. The fourth-order valence-corrected chi connectivity index (χ4v) is 0.318. The molecule has 0 aromatic carbocycles. The molecule has 0 rings (SSSR count). The van der Waals surface area contributed by atoms with Crippen molar-refractivity contribution in [2.45, 2.75) is 0 Å². The summed E-state index contributed by atoms with van der Waals surface area (Å²) in [6.45, 7) is 7.00. The van der Waals surface area contributed by atoms with Gasteiger partial charge in [-0.3, -0.25) is 0 Å². The molecule has 0 fully saturated rings. The summed E-state index contributed by atoms with van der Waals surface area (Å²) in [5.74, 6) is 0. The van der Waals surface area contributed by atoms with E-state index in [-0.39, 0.29) is 0 Å². The minimum absolute atomic E-state index is 1.47. The minimum Gasteiger partial charge on any atom is -0.141 e. The van der Waals surface area contributed by atoms with E-state index in [0.717, 1.165) is 0 Å². The minimum atomic E-state index is 1.47. The normalized spacial score (nSPS) is 10.7. The molecule has 0 spiro atoms. The van der Waals surface area contributed by atoms with E-state index in [4.69, 9.17) is 0 Å². The molecule has 0 unspecified atom stereocenters. The molecule has 3 heteroatoms. The number of hydrazine groups is 1. The summed E-state index contributed by atoms with van der Waals surface area (Å²) in [6.07, 6.45) is 3.13. The summed E-state index contributed by atoms with van der Waals surface area (Å²) in [6, 6.07) is 0. The highest BCUT2D eigenvalue weighted by Gasteiger charge is 1.97. The Hall–Kier alpha value is -1.12. The standard InChI is InChI=1S/C6H12N3/c1-5-7-9(4)8(3)6-2/h5-6H,1-2H2,3-4H3/q+1. The van der Waals surface area contributed by atoms with E-state index in [9.17, 15) is 0 Å². The Kier molecular flexibility index (Phi) is 3.35. The van der Waals surface area contributed by atoms with E-state index < -0.39 is 0 Å². The summed E-state index contributed by atoms with van der Waals surface area (Å²) in [5, 5.41) is 5.58. The van der Waals surface area contributed by atoms with Gasteiger partial charge in [0.05, 0.1) is 19.4 Å². The Morgan fingerprint density at radius 3 is 2.44 bits per heavy atom. The molecule has 3 nitrogen and oxygen atoms in total. The van der Waals surface area contributed by atoms with Crippen molar-refractivity contribution in [1.29, 1.82) is 0 Å². The first-order chi connectivity index (χ1) is 4.22. The fraction of sp³-hybridized carbons (Fsp3) is 0.333. The number of hydrogen-bond donors (Lipinski definition) is 0. The molecule has 0 aliphatic rings. The van der Waals surface area contributed by atoms with Crippen molar-refractivity contribution in [2.24, 2.45) is 5.11 Å². The summed E-state index contributed by atoms with van der Waals surface area (Å²) in [5.41, 5.74) is 0. The van der Waals surface area contributed by atoms with Gasteiger partial charge in [-0.15, -0.1) is 5.01 Å². The second kappa shape index (κ2) is 3.83. The van der Waals surface area contributed by atoms with E-state index in [2.05, 4.69) is 18.3 Å². The smallest absolute Gasteiger partial charge is 0.141 e. The van der Waals surface area contributed by atoms with Gasteiger partial charge in [0.15, 0.2) is 7.05 Å². The number of hydrogen-bond acceptors (Lipinski definition) is 1. The van der Waals surface area contributed by atoms with E-state index in [1.54, 1.807) is 16.0 Å². The number of azo groups is 1. The third kappa shape index (κ3) is 2.64. The third-order valence-electron chi connectivity index (χ3n) is 0.970. The predicted molar refractivity (Wildman–Crippen MR) is 36.8 cm³/mol. The lowest BCUT2D eigenvalue weighted by Gasteiger charge is -2.00. The lowest BCUT2D eigenvalue weighted by Crippen LogP contribution is -2.20. The highest BCUT2D eigenvalue weighted by atomic mass is 15.6. The van der Waals surface area contributed by atoms with Crippen LogP contribution in [0.3, 0.4) is 0 Å².